The fourth-order valence-corrected chi connectivity index (χ4v) is 0.692. The smallest absolute Gasteiger partial charge is 0.337 e. The molecule has 0 amide bonds. The van der Waals surface area contributed by atoms with Crippen LogP contribution in [0.25, 0.3) is 0 Å². The molecule has 2 heteroatoms. The topological polar surface area (TPSA) is 26.3 Å². The van der Waals surface area contributed by atoms with Crippen LogP contribution in [0.3, 0.4) is 0 Å². The van der Waals surface area contributed by atoms with E-state index in [2.05, 4.69) is 4.74 Å². The van der Waals surface area contributed by atoms with E-state index in [4.69, 9.17) is 0 Å². The van der Waals surface area contributed by atoms with Crippen LogP contribution in [0.5, 0.6) is 0 Å². The maximum atomic E-state index is 10.8. The van der Waals surface area contributed by atoms with Gasteiger partial charge in [-0.3, -0.25) is 0 Å². The molecular formula is C8H8O2. The number of hydrogen-bond donors (Lipinski definition) is 0. The van der Waals surface area contributed by atoms with Crippen LogP contribution < -0.4 is 0 Å². The van der Waals surface area contributed by atoms with Crippen molar-refractivity contribution in [3.63, 3.8) is 0 Å². The van der Waals surface area contributed by atoms with Crippen LogP contribution in [-0.2, 0) is 4.74 Å². The van der Waals surface area contributed by atoms with E-state index < -0.39 is 0 Å². The second-order valence-electron chi connectivity index (χ2n) is 1.86. The van der Waals surface area contributed by atoms with Crippen molar-refractivity contribution in [2.45, 2.75) is 0 Å². The van der Waals surface area contributed by atoms with Crippen LogP contribution in [0.15, 0.2) is 30.3 Å². The molecule has 0 saturated heterocycles. The predicted octanol–water partition coefficient (Wildman–Crippen LogP) is 1.47. The van der Waals surface area contributed by atoms with Crippen molar-refractivity contribution in [3.8, 4) is 0 Å². The SMILES string of the molecule is CO[11C](=O)c1ccccc1. The van der Waals surface area contributed by atoms with Gasteiger partial charge in [0.1, 0.15) is 0 Å². The second-order valence-corrected chi connectivity index (χ2v) is 1.86. The highest BCUT2D eigenvalue weighted by Crippen LogP contribution is 1.98. The number of carbonyl (C=O) groups is 1. The summed E-state index contributed by atoms with van der Waals surface area (Å²) in [5.74, 6) is -0.291. The van der Waals surface area contributed by atoms with Crippen molar-refractivity contribution in [2.24, 2.45) is 0 Å². The number of ether oxygens (including phenoxy) is 1. The molecular weight excluding hydrogens is 127 g/mol. The minimum absolute atomic E-state index is 0.291. The van der Waals surface area contributed by atoms with E-state index in [0.29, 0.717) is 5.56 Å². The summed E-state index contributed by atoms with van der Waals surface area (Å²) in [4.78, 5) is 10.8. The monoisotopic (exact) mass is 135 g/mol. The van der Waals surface area contributed by atoms with Gasteiger partial charge in [0.2, 0.25) is 0 Å². The average Bonchev–Trinajstić information content (AvgIpc) is 2.05. The first-order valence-corrected chi connectivity index (χ1v) is 2.98. The number of carbonyl (C=O) groups excluding carboxylic acids is 1. The van der Waals surface area contributed by atoms with E-state index in [1.165, 1.54) is 7.11 Å². The summed E-state index contributed by atoms with van der Waals surface area (Å²) < 4.78 is 4.50. The zero-order valence-corrected chi connectivity index (χ0v) is 5.70. The van der Waals surface area contributed by atoms with Crippen LogP contribution in [0.1, 0.15) is 10.4 Å². The van der Waals surface area contributed by atoms with Crippen LogP contribution in [0, 0.1) is 0 Å². The molecule has 10 heavy (non-hydrogen) atoms. The van der Waals surface area contributed by atoms with Gasteiger partial charge in [-0.25, -0.2) is 4.79 Å². The molecule has 2 nitrogen and oxygen atoms in total. The zero-order chi connectivity index (χ0) is 7.40. The first kappa shape index (κ1) is 6.81. The molecule has 0 saturated carbocycles. The first-order valence-electron chi connectivity index (χ1n) is 2.98. The van der Waals surface area contributed by atoms with E-state index in [1.807, 2.05) is 6.07 Å². The lowest BCUT2D eigenvalue weighted by atomic mass is 9.94. The van der Waals surface area contributed by atoms with E-state index in [9.17, 15) is 4.79 Å². The van der Waals surface area contributed by atoms with E-state index in [-0.39, 0.29) is 5.97 Å². The largest absolute Gasteiger partial charge is 0.465 e. The van der Waals surface area contributed by atoms with Gasteiger partial charge >= 0.3 is 5.97 Å². The highest BCUT2D eigenvalue weighted by atomic mass is 16.5. The van der Waals surface area contributed by atoms with E-state index in [1.54, 1.807) is 24.3 Å². The Morgan fingerprint density at radius 1 is 1.30 bits per heavy atom. The lowest BCUT2D eigenvalue weighted by Crippen LogP contribution is -1.99. The lowest BCUT2D eigenvalue weighted by molar-refractivity contribution is 0.0601. The molecule has 0 fully saturated rings. The molecule has 0 atom stereocenters. The molecule has 0 aliphatic rings. The zero-order valence-electron chi connectivity index (χ0n) is 5.70. The van der Waals surface area contributed by atoms with Crippen molar-refractivity contribution in [1.82, 2.24) is 0 Å². The standard InChI is InChI=1S/C8H8O2/c1-10-8(9)7-5-3-2-4-6-7/h2-6H,1H3/i8-1. The normalized spacial score (nSPS) is 8.90. The van der Waals surface area contributed by atoms with Gasteiger partial charge in [0.25, 0.3) is 0 Å². The Bertz CT molecular complexity index is 216. The first-order chi connectivity index (χ1) is 4.84. The molecule has 0 bridgehead atoms. The Morgan fingerprint density at radius 3 is 2.40 bits per heavy atom. The minimum Gasteiger partial charge on any atom is -0.465 e. The van der Waals surface area contributed by atoms with Crippen molar-refractivity contribution in [3.05, 3.63) is 35.9 Å². The fraction of sp³-hybridized carbons (Fsp3) is 0.125. The Labute approximate surface area is 59.4 Å². The van der Waals surface area contributed by atoms with Crippen LogP contribution in [-0.4, -0.2) is 13.1 Å². The summed E-state index contributed by atoms with van der Waals surface area (Å²) in [6.07, 6.45) is 0. The van der Waals surface area contributed by atoms with Gasteiger partial charge < -0.3 is 4.74 Å². The van der Waals surface area contributed by atoms with Gasteiger partial charge in [-0.05, 0) is 12.1 Å². The number of hydrogen-bond acceptors (Lipinski definition) is 2. The molecule has 52 valence electrons. The van der Waals surface area contributed by atoms with Crippen LogP contribution in [0.4, 0.5) is 0 Å². The van der Waals surface area contributed by atoms with Gasteiger partial charge in [0, 0.05) is 0 Å². The Balaban J connectivity index is 2.85. The quantitative estimate of drug-likeness (QED) is 0.545. The maximum absolute atomic E-state index is 10.8. The Kier molecular flexibility index (Phi) is 2.05. The molecule has 0 aliphatic carbocycles. The van der Waals surface area contributed by atoms with Crippen LogP contribution >= 0.6 is 0 Å². The molecule has 1 aromatic rings. The van der Waals surface area contributed by atoms with Crippen molar-refractivity contribution >= 4 is 5.97 Å². The maximum Gasteiger partial charge on any atom is 0.337 e. The molecule has 1 aromatic carbocycles. The van der Waals surface area contributed by atoms with Gasteiger partial charge in [0.15, 0.2) is 0 Å². The molecule has 0 aliphatic heterocycles. The highest BCUT2D eigenvalue weighted by Gasteiger charge is 2.00. The minimum atomic E-state index is -0.291. The molecule has 0 unspecified atom stereocenters. The number of benzene rings is 1. The summed E-state index contributed by atoms with van der Waals surface area (Å²) in [7, 11) is 1.37. The van der Waals surface area contributed by atoms with Gasteiger partial charge in [-0.1, -0.05) is 18.2 Å². The fourth-order valence-electron chi connectivity index (χ4n) is 0.692. The third-order valence-corrected chi connectivity index (χ3v) is 1.19. The second kappa shape index (κ2) is 3.01. The number of methoxy groups -OCH3 is 1. The third-order valence-electron chi connectivity index (χ3n) is 1.19. The van der Waals surface area contributed by atoms with Gasteiger partial charge in [-0.2, -0.15) is 0 Å². The molecule has 0 N–H and O–H groups in total. The summed E-state index contributed by atoms with van der Waals surface area (Å²) in [6.45, 7) is 0. The molecule has 0 aromatic heterocycles. The number of rotatable bonds is 1. The van der Waals surface area contributed by atoms with Crippen LogP contribution in [0.2, 0.25) is 0 Å². The molecule has 0 heterocycles. The van der Waals surface area contributed by atoms with Crippen molar-refractivity contribution in [1.29, 1.82) is 0 Å². The molecule has 1 rings (SSSR count). The molecule has 0 radical (unpaired) electrons. The van der Waals surface area contributed by atoms with Gasteiger partial charge in [0.05, 0.1) is 12.7 Å². The Hall–Kier alpha value is -1.31. The van der Waals surface area contributed by atoms with Crippen molar-refractivity contribution in [2.75, 3.05) is 7.11 Å². The van der Waals surface area contributed by atoms with Gasteiger partial charge in [-0.15, -0.1) is 0 Å². The number of esters is 1. The third kappa shape index (κ3) is 1.35. The average molecular weight is 135 g/mol. The summed E-state index contributed by atoms with van der Waals surface area (Å²) in [6, 6.07) is 8.88. The summed E-state index contributed by atoms with van der Waals surface area (Å²) in [5.41, 5.74) is 0.588. The summed E-state index contributed by atoms with van der Waals surface area (Å²) >= 11 is 0. The Morgan fingerprint density at radius 2 is 1.90 bits per heavy atom. The molecule has 0 spiro atoms. The van der Waals surface area contributed by atoms with E-state index >= 15 is 0 Å². The van der Waals surface area contributed by atoms with Crippen molar-refractivity contribution < 1.29 is 9.53 Å². The van der Waals surface area contributed by atoms with E-state index in [0.717, 1.165) is 0 Å². The highest BCUT2D eigenvalue weighted by molar-refractivity contribution is 5.89. The summed E-state index contributed by atoms with van der Waals surface area (Å²) in [5, 5.41) is 0. The predicted molar refractivity (Wildman–Crippen MR) is 37.8 cm³/mol. The lowest BCUT2D eigenvalue weighted by Gasteiger charge is -1.95.